The van der Waals surface area contributed by atoms with Gasteiger partial charge < -0.3 is 19.9 Å². The number of nitrogens with zero attached hydrogens (tertiary/aromatic N) is 2. The normalized spacial score (nSPS) is 16.1. The zero-order valence-corrected chi connectivity index (χ0v) is 15.7. The van der Waals surface area contributed by atoms with Gasteiger partial charge in [0.05, 0.1) is 25.6 Å². The first kappa shape index (κ1) is 18.4. The monoisotopic (exact) mass is 424 g/mol. The summed E-state index contributed by atoms with van der Waals surface area (Å²) in [5.74, 6) is -0.832. The number of fused-ring (bicyclic) bond motifs is 1. The predicted octanol–water partition coefficient (Wildman–Crippen LogP) is 2.53. The van der Waals surface area contributed by atoms with Crippen LogP contribution < -0.4 is 5.32 Å². The number of imidazole rings is 1. The van der Waals surface area contributed by atoms with E-state index in [4.69, 9.17) is 0 Å². The maximum absolute atomic E-state index is 14.6. The largest absolute Gasteiger partial charge is 0.469 e. The first-order valence-corrected chi connectivity index (χ1v) is 8.89. The topological polar surface area (TPSA) is 87.3 Å². The molecular weight excluding hydrogens is 407 g/mol. The summed E-state index contributed by atoms with van der Waals surface area (Å²) in [6, 6.07) is 3.71. The van der Waals surface area contributed by atoms with Crippen molar-refractivity contribution in [3.05, 3.63) is 51.8 Å². The van der Waals surface area contributed by atoms with Crippen LogP contribution in [-0.2, 0) is 16.0 Å². The third-order valence-electron chi connectivity index (χ3n) is 4.28. The summed E-state index contributed by atoms with van der Waals surface area (Å²) in [5.41, 5.74) is 1.88. The molecule has 1 aliphatic rings. The van der Waals surface area contributed by atoms with Crippen molar-refractivity contribution in [3.8, 4) is 0 Å². The van der Waals surface area contributed by atoms with Crippen molar-refractivity contribution in [1.29, 1.82) is 0 Å². The number of carbonyl (C=O) groups excluding carboxylic acids is 2. The first-order valence-electron chi connectivity index (χ1n) is 8.09. The van der Waals surface area contributed by atoms with Crippen LogP contribution in [-0.4, -0.2) is 47.1 Å². The van der Waals surface area contributed by atoms with Crippen LogP contribution in [0, 0.1) is 5.82 Å². The van der Waals surface area contributed by atoms with Crippen LogP contribution in [0.5, 0.6) is 0 Å². The maximum atomic E-state index is 14.6. The van der Waals surface area contributed by atoms with Crippen LogP contribution in [0.1, 0.15) is 29.4 Å². The molecule has 0 saturated heterocycles. The van der Waals surface area contributed by atoms with E-state index in [1.54, 1.807) is 18.5 Å². The van der Waals surface area contributed by atoms with E-state index in [9.17, 15) is 14.0 Å². The van der Waals surface area contributed by atoms with Crippen LogP contribution in [0.2, 0.25) is 0 Å². The molecule has 0 spiro atoms. The number of ether oxygens (including phenoxy) is 1. The van der Waals surface area contributed by atoms with E-state index in [-0.39, 0.29) is 19.0 Å². The number of amides is 2. The second kappa shape index (κ2) is 7.86. The van der Waals surface area contributed by atoms with Crippen LogP contribution in [0.3, 0.4) is 0 Å². The molecule has 2 amide bonds. The highest BCUT2D eigenvalue weighted by molar-refractivity contribution is 9.10. The van der Waals surface area contributed by atoms with Gasteiger partial charge in [-0.25, -0.2) is 14.2 Å². The minimum absolute atomic E-state index is 0.0705. The Morgan fingerprint density at radius 2 is 2.31 bits per heavy atom. The molecule has 1 aromatic carbocycles. The highest BCUT2D eigenvalue weighted by atomic mass is 79.9. The lowest BCUT2D eigenvalue weighted by molar-refractivity contribution is -0.140. The maximum Gasteiger partial charge on any atom is 0.318 e. The third-order valence-corrected chi connectivity index (χ3v) is 4.77. The number of hydrogen-bond donors (Lipinski definition) is 2. The van der Waals surface area contributed by atoms with Gasteiger partial charge in [-0.2, -0.15) is 0 Å². The van der Waals surface area contributed by atoms with E-state index >= 15 is 0 Å². The van der Waals surface area contributed by atoms with E-state index in [2.05, 4.69) is 36.0 Å². The Balaban J connectivity index is 1.86. The minimum atomic E-state index is -0.642. The van der Waals surface area contributed by atoms with Gasteiger partial charge in [0.2, 0.25) is 0 Å². The molecule has 0 bridgehead atoms. The Hall–Kier alpha value is -2.42. The van der Waals surface area contributed by atoms with Gasteiger partial charge in [-0.15, -0.1) is 0 Å². The molecule has 2 aromatic rings. The summed E-state index contributed by atoms with van der Waals surface area (Å²) in [7, 11) is 1.29. The lowest BCUT2D eigenvalue weighted by Gasteiger charge is -2.35. The van der Waals surface area contributed by atoms with E-state index in [0.29, 0.717) is 28.7 Å². The smallest absolute Gasteiger partial charge is 0.318 e. The quantitative estimate of drug-likeness (QED) is 0.738. The van der Waals surface area contributed by atoms with Crippen molar-refractivity contribution < 1.29 is 18.7 Å². The highest BCUT2D eigenvalue weighted by Gasteiger charge is 2.35. The number of nitrogens with one attached hydrogen (secondary N) is 2. The zero-order chi connectivity index (χ0) is 18.7. The molecular formula is C17H18BrFN4O3. The number of benzene rings is 1. The van der Waals surface area contributed by atoms with Gasteiger partial charge in [-0.3, -0.25) is 4.79 Å². The summed E-state index contributed by atoms with van der Waals surface area (Å²) in [6.45, 7) is 0.546. The molecule has 9 heteroatoms. The van der Waals surface area contributed by atoms with Crippen LogP contribution in [0.4, 0.5) is 9.18 Å². The summed E-state index contributed by atoms with van der Waals surface area (Å²) < 4.78 is 19.8. The molecule has 1 aromatic heterocycles. The van der Waals surface area contributed by atoms with E-state index in [1.165, 1.54) is 18.1 Å². The standard InChI is InChI=1S/C17H18BrFN4O3/c1-26-14(24)4-6-20-17(25)23-7-5-13-15(22-9-21-13)16(23)11-3-2-10(18)8-12(11)19/h2-3,8-9,16H,4-7H2,1H3,(H,20,25)(H,21,22)/t16-/m1/s1. The lowest BCUT2D eigenvalue weighted by atomic mass is 9.95. The summed E-state index contributed by atoms with van der Waals surface area (Å²) in [5, 5.41) is 2.69. The third kappa shape index (κ3) is 3.72. The fourth-order valence-electron chi connectivity index (χ4n) is 3.01. The van der Waals surface area contributed by atoms with Gasteiger partial charge >= 0.3 is 12.0 Å². The average Bonchev–Trinajstić information content (AvgIpc) is 3.09. The second-order valence-electron chi connectivity index (χ2n) is 5.84. The Bertz CT molecular complexity index is 826. The van der Waals surface area contributed by atoms with Crippen molar-refractivity contribution in [2.75, 3.05) is 20.2 Å². The van der Waals surface area contributed by atoms with Gasteiger partial charge in [0.15, 0.2) is 0 Å². The molecule has 2 heterocycles. The number of aromatic amines is 1. The molecule has 0 radical (unpaired) electrons. The number of methoxy groups -OCH3 is 1. The second-order valence-corrected chi connectivity index (χ2v) is 6.75. The van der Waals surface area contributed by atoms with Gasteiger partial charge in [-0.05, 0) is 12.1 Å². The number of esters is 1. The Labute approximate surface area is 158 Å². The molecule has 1 aliphatic heterocycles. The predicted molar refractivity (Wildman–Crippen MR) is 95.0 cm³/mol. The fourth-order valence-corrected chi connectivity index (χ4v) is 3.34. The van der Waals surface area contributed by atoms with E-state index in [0.717, 1.165) is 5.69 Å². The van der Waals surface area contributed by atoms with Crippen molar-refractivity contribution in [1.82, 2.24) is 20.2 Å². The number of H-pyrrole nitrogens is 1. The summed E-state index contributed by atoms with van der Waals surface area (Å²) in [6.07, 6.45) is 2.21. The highest BCUT2D eigenvalue weighted by Crippen LogP contribution is 2.35. The molecule has 1 atom stereocenters. The number of hydrogen-bond acceptors (Lipinski definition) is 4. The molecule has 7 nitrogen and oxygen atoms in total. The molecule has 26 heavy (non-hydrogen) atoms. The number of halogens is 2. The lowest BCUT2D eigenvalue weighted by Crippen LogP contribution is -2.46. The molecule has 2 N–H and O–H groups in total. The molecule has 3 rings (SSSR count). The summed E-state index contributed by atoms with van der Waals surface area (Å²) >= 11 is 3.24. The Morgan fingerprint density at radius 3 is 3.04 bits per heavy atom. The zero-order valence-electron chi connectivity index (χ0n) is 14.1. The van der Waals surface area contributed by atoms with E-state index in [1.807, 2.05) is 0 Å². The minimum Gasteiger partial charge on any atom is -0.469 e. The number of urea groups is 1. The Kier molecular flexibility index (Phi) is 5.55. The SMILES string of the molecule is COC(=O)CCNC(=O)N1CCc2[nH]cnc2[C@H]1c1ccc(Br)cc1F. The molecule has 0 unspecified atom stereocenters. The first-order chi connectivity index (χ1) is 12.5. The van der Waals surface area contributed by atoms with Crippen molar-refractivity contribution in [2.24, 2.45) is 0 Å². The van der Waals surface area contributed by atoms with Crippen molar-refractivity contribution in [2.45, 2.75) is 18.9 Å². The van der Waals surface area contributed by atoms with Crippen LogP contribution in [0.15, 0.2) is 29.0 Å². The van der Waals surface area contributed by atoms with Gasteiger partial charge in [-0.1, -0.05) is 22.0 Å². The number of aromatic nitrogens is 2. The van der Waals surface area contributed by atoms with Crippen molar-refractivity contribution >= 4 is 27.9 Å². The molecule has 138 valence electrons. The van der Waals surface area contributed by atoms with Crippen LogP contribution in [0.25, 0.3) is 0 Å². The number of carbonyl (C=O) groups is 2. The average molecular weight is 425 g/mol. The molecule has 0 fully saturated rings. The van der Waals surface area contributed by atoms with Crippen molar-refractivity contribution in [3.63, 3.8) is 0 Å². The Morgan fingerprint density at radius 1 is 1.50 bits per heavy atom. The molecule has 0 saturated carbocycles. The fraction of sp³-hybridized carbons (Fsp3) is 0.353. The molecule has 0 aliphatic carbocycles. The number of rotatable bonds is 4. The van der Waals surface area contributed by atoms with Crippen LogP contribution >= 0.6 is 15.9 Å². The van der Waals surface area contributed by atoms with Gasteiger partial charge in [0.1, 0.15) is 11.9 Å². The van der Waals surface area contributed by atoms with E-state index < -0.39 is 17.8 Å². The van der Waals surface area contributed by atoms with Gasteiger partial charge in [0, 0.05) is 35.2 Å². The summed E-state index contributed by atoms with van der Waals surface area (Å²) in [4.78, 5) is 32.7. The van der Waals surface area contributed by atoms with Gasteiger partial charge in [0.25, 0.3) is 0 Å².